The number of anilines is 5. The van der Waals surface area contributed by atoms with Crippen molar-refractivity contribution in [3.8, 4) is 0 Å². The average molecular weight is 565 g/mol. The molecule has 1 aliphatic heterocycles. The smallest absolute Gasteiger partial charge is 0.254 e. The first-order chi connectivity index (χ1) is 20.3. The van der Waals surface area contributed by atoms with Gasteiger partial charge in [0, 0.05) is 60.5 Å². The molecule has 2 atom stereocenters. The lowest BCUT2D eigenvalue weighted by Gasteiger charge is -2.43. The van der Waals surface area contributed by atoms with Gasteiger partial charge in [0.25, 0.3) is 11.8 Å². The molecule has 3 aromatic carbocycles. The summed E-state index contributed by atoms with van der Waals surface area (Å²) >= 11 is 0. The van der Waals surface area contributed by atoms with Crippen LogP contribution in [0.2, 0.25) is 0 Å². The molecule has 10 heteroatoms. The number of carbonyl (C=O) groups is 2. The molecule has 216 valence electrons. The first-order valence-electron chi connectivity index (χ1n) is 14.0. The minimum absolute atomic E-state index is 0.165. The number of likely N-dealkylation sites (N-methyl/N-ethyl adjacent to an activating group) is 1. The normalized spacial score (nSPS) is 17.0. The zero-order chi connectivity index (χ0) is 29.6. The van der Waals surface area contributed by atoms with Crippen molar-refractivity contribution >= 4 is 40.6 Å². The van der Waals surface area contributed by atoms with Gasteiger partial charge in [-0.05, 0) is 75.0 Å². The van der Waals surface area contributed by atoms with Crippen molar-refractivity contribution in [2.24, 2.45) is 5.73 Å². The summed E-state index contributed by atoms with van der Waals surface area (Å²) in [6, 6.07) is 25.7. The van der Waals surface area contributed by atoms with Crippen molar-refractivity contribution in [1.82, 2.24) is 20.2 Å². The van der Waals surface area contributed by atoms with Gasteiger partial charge in [0.2, 0.25) is 5.95 Å². The van der Waals surface area contributed by atoms with Crippen molar-refractivity contribution in [2.75, 3.05) is 35.7 Å². The molecule has 5 rings (SSSR count). The number of nitrogens with two attached hydrogens (primary N) is 1. The predicted octanol–water partition coefficient (Wildman–Crippen LogP) is 4.52. The van der Waals surface area contributed by atoms with Crippen LogP contribution in [-0.2, 0) is 6.54 Å². The summed E-state index contributed by atoms with van der Waals surface area (Å²) in [4.78, 5) is 38.2. The van der Waals surface area contributed by atoms with Crippen LogP contribution in [0, 0.1) is 0 Å². The van der Waals surface area contributed by atoms with E-state index in [1.54, 1.807) is 24.3 Å². The molecule has 1 fully saturated rings. The molecule has 0 bridgehead atoms. The Kier molecular flexibility index (Phi) is 8.63. The summed E-state index contributed by atoms with van der Waals surface area (Å²) in [7, 11) is 2.17. The Labute approximate surface area is 246 Å². The van der Waals surface area contributed by atoms with Crippen LogP contribution in [-0.4, -0.2) is 58.9 Å². The van der Waals surface area contributed by atoms with Gasteiger partial charge in [-0.25, -0.2) is 4.98 Å². The van der Waals surface area contributed by atoms with Crippen molar-refractivity contribution in [3.05, 3.63) is 102 Å². The average Bonchev–Trinajstić information content (AvgIpc) is 2.99. The Balaban J connectivity index is 1.25. The molecule has 2 heterocycles. The fraction of sp³-hybridized carbons (Fsp3) is 0.250. The lowest BCUT2D eigenvalue weighted by molar-refractivity contribution is 0.0949. The van der Waals surface area contributed by atoms with Gasteiger partial charge in [0.05, 0.1) is 0 Å². The molecular weight excluding hydrogens is 528 g/mol. The van der Waals surface area contributed by atoms with Crippen LogP contribution in [0.5, 0.6) is 0 Å². The molecule has 1 saturated heterocycles. The van der Waals surface area contributed by atoms with E-state index in [1.807, 2.05) is 42.5 Å². The highest BCUT2D eigenvalue weighted by Gasteiger charge is 2.26. The number of amides is 2. The number of rotatable bonds is 9. The van der Waals surface area contributed by atoms with Crippen LogP contribution >= 0.6 is 0 Å². The van der Waals surface area contributed by atoms with Gasteiger partial charge >= 0.3 is 0 Å². The van der Waals surface area contributed by atoms with E-state index in [1.165, 1.54) is 6.20 Å². The van der Waals surface area contributed by atoms with Crippen LogP contribution in [0.1, 0.15) is 40.1 Å². The van der Waals surface area contributed by atoms with Crippen LogP contribution in [0.3, 0.4) is 0 Å². The van der Waals surface area contributed by atoms with E-state index in [0.29, 0.717) is 35.7 Å². The number of nitrogens with zero attached hydrogens (tertiary/aromatic N) is 4. The summed E-state index contributed by atoms with van der Waals surface area (Å²) in [6.07, 6.45) is 1.40. The van der Waals surface area contributed by atoms with Gasteiger partial charge in [-0.2, -0.15) is 4.98 Å². The van der Waals surface area contributed by atoms with Crippen LogP contribution in [0.4, 0.5) is 28.8 Å². The Morgan fingerprint density at radius 2 is 1.50 bits per heavy atom. The fourth-order valence-electron chi connectivity index (χ4n) is 4.94. The molecule has 5 N–H and O–H groups in total. The highest BCUT2D eigenvalue weighted by molar-refractivity contribution is 5.98. The predicted molar refractivity (Wildman–Crippen MR) is 167 cm³/mol. The van der Waals surface area contributed by atoms with Gasteiger partial charge in [-0.1, -0.05) is 30.3 Å². The maximum Gasteiger partial charge on any atom is 0.254 e. The highest BCUT2D eigenvalue weighted by atomic mass is 16.2. The number of hydrogen-bond donors (Lipinski definition) is 4. The molecule has 0 saturated carbocycles. The van der Waals surface area contributed by atoms with E-state index >= 15 is 0 Å². The fourth-order valence-corrected chi connectivity index (χ4v) is 4.94. The summed E-state index contributed by atoms with van der Waals surface area (Å²) in [6.45, 7) is 6.85. The summed E-state index contributed by atoms with van der Waals surface area (Å²) in [5.41, 5.74) is 9.95. The van der Waals surface area contributed by atoms with E-state index in [4.69, 9.17) is 5.73 Å². The highest BCUT2D eigenvalue weighted by Crippen LogP contribution is 2.26. The third kappa shape index (κ3) is 6.84. The zero-order valence-corrected chi connectivity index (χ0v) is 24.0. The molecule has 2 unspecified atom stereocenters. The maximum absolute atomic E-state index is 12.5. The maximum atomic E-state index is 12.5. The van der Waals surface area contributed by atoms with Crippen molar-refractivity contribution in [1.29, 1.82) is 0 Å². The Hall–Kier alpha value is -4.96. The summed E-state index contributed by atoms with van der Waals surface area (Å²) < 4.78 is 0. The molecule has 1 aliphatic rings. The lowest BCUT2D eigenvalue weighted by Crippen LogP contribution is -2.55. The van der Waals surface area contributed by atoms with Crippen LogP contribution in [0.15, 0.2) is 85.1 Å². The van der Waals surface area contributed by atoms with E-state index in [-0.39, 0.29) is 17.4 Å². The Bertz CT molecular complexity index is 1510. The van der Waals surface area contributed by atoms with Gasteiger partial charge in [0.15, 0.2) is 0 Å². The molecular formula is C32H36N8O2. The third-order valence-corrected chi connectivity index (χ3v) is 7.61. The number of hydrogen-bond acceptors (Lipinski definition) is 8. The van der Waals surface area contributed by atoms with Crippen LogP contribution < -0.4 is 26.6 Å². The van der Waals surface area contributed by atoms with Gasteiger partial charge < -0.3 is 26.6 Å². The largest absolute Gasteiger partial charge is 0.368 e. The molecule has 0 radical (unpaired) electrons. The first kappa shape index (κ1) is 28.6. The second-order valence-corrected chi connectivity index (χ2v) is 10.6. The van der Waals surface area contributed by atoms with E-state index in [0.717, 1.165) is 30.0 Å². The second-order valence-electron chi connectivity index (χ2n) is 10.6. The number of primary amides is 1. The molecule has 0 aliphatic carbocycles. The summed E-state index contributed by atoms with van der Waals surface area (Å²) in [5.74, 6) is -0.221. The molecule has 0 spiro atoms. The molecule has 1 aromatic heterocycles. The number of piperazine rings is 1. The van der Waals surface area contributed by atoms with E-state index < -0.39 is 5.91 Å². The van der Waals surface area contributed by atoms with E-state index in [9.17, 15) is 9.59 Å². The van der Waals surface area contributed by atoms with Crippen molar-refractivity contribution in [3.63, 3.8) is 0 Å². The molecule has 10 nitrogen and oxygen atoms in total. The van der Waals surface area contributed by atoms with Crippen molar-refractivity contribution < 1.29 is 9.59 Å². The molecule has 4 aromatic rings. The van der Waals surface area contributed by atoms with Gasteiger partial charge in [0.1, 0.15) is 11.4 Å². The first-order valence-corrected chi connectivity index (χ1v) is 14.0. The lowest BCUT2D eigenvalue weighted by atomic mass is 10.1. The number of carbonyl (C=O) groups excluding carboxylic acids is 2. The molecule has 2 amide bonds. The second kappa shape index (κ2) is 12.7. The zero-order valence-electron chi connectivity index (χ0n) is 24.0. The number of benzene rings is 3. The standard InChI is InChI=1S/C32H36N8O2/c1-21-19-40(20-22(2)39(21)3)27-15-13-25(14-16-27)36-30-28(29(33)41)18-35-32(38-30)37-26-11-9-24(10-12-26)31(42)34-17-23-7-5-4-6-8-23/h4-16,18,21-22H,17,19-20H2,1-3H3,(H2,33,41)(H,34,42)(H2,35,36,37,38). The number of aromatic nitrogens is 2. The van der Waals surface area contributed by atoms with Crippen molar-refractivity contribution in [2.45, 2.75) is 32.5 Å². The van der Waals surface area contributed by atoms with E-state index in [2.05, 4.69) is 68.7 Å². The number of nitrogens with one attached hydrogen (secondary N) is 3. The van der Waals surface area contributed by atoms with Gasteiger partial charge in [-0.15, -0.1) is 0 Å². The minimum Gasteiger partial charge on any atom is -0.368 e. The van der Waals surface area contributed by atoms with Crippen LogP contribution in [0.25, 0.3) is 0 Å². The topological polar surface area (TPSA) is 129 Å². The Morgan fingerprint density at radius 1 is 0.881 bits per heavy atom. The molecule has 42 heavy (non-hydrogen) atoms. The summed E-state index contributed by atoms with van der Waals surface area (Å²) in [5, 5.41) is 9.26. The third-order valence-electron chi connectivity index (χ3n) is 7.61. The quantitative estimate of drug-likeness (QED) is 0.234. The SMILES string of the molecule is CC1CN(c2ccc(Nc3nc(Nc4ccc(C(=O)NCc5ccccc5)cc4)ncc3C(N)=O)cc2)CC(C)N1C. The Morgan fingerprint density at radius 3 is 2.14 bits per heavy atom. The minimum atomic E-state index is -0.632. The monoisotopic (exact) mass is 564 g/mol. The van der Waals surface area contributed by atoms with Gasteiger partial charge in [-0.3, -0.25) is 14.5 Å².